The number of nitrogen functional groups attached to an aromatic ring is 1. The molecule has 8 heteroatoms. The number of hydrogen-bond donors (Lipinski definition) is 1. The van der Waals surface area contributed by atoms with Gasteiger partial charge in [-0.05, 0) is 56.5 Å². The molecule has 2 aromatic heterocycles. The number of pyridine rings is 1. The lowest BCUT2D eigenvalue weighted by atomic mass is 9.95. The van der Waals surface area contributed by atoms with Crippen molar-refractivity contribution in [1.82, 2.24) is 14.8 Å². The first-order chi connectivity index (χ1) is 16.8. The van der Waals surface area contributed by atoms with Crippen LogP contribution in [0.3, 0.4) is 0 Å². The van der Waals surface area contributed by atoms with Gasteiger partial charge in [0, 0.05) is 60.0 Å². The van der Waals surface area contributed by atoms with Crippen molar-refractivity contribution in [3.63, 3.8) is 0 Å². The largest absolute Gasteiger partial charge is 0.444 e. The van der Waals surface area contributed by atoms with Crippen molar-refractivity contribution in [2.24, 2.45) is 0 Å². The topological polar surface area (TPSA) is 80.9 Å². The van der Waals surface area contributed by atoms with Crippen LogP contribution in [0.2, 0.25) is 0 Å². The van der Waals surface area contributed by atoms with Crippen molar-refractivity contribution in [1.29, 1.82) is 0 Å². The Kier molecular flexibility index (Phi) is 6.70. The van der Waals surface area contributed by atoms with Crippen LogP contribution in [0.1, 0.15) is 43.3 Å². The van der Waals surface area contributed by atoms with E-state index in [2.05, 4.69) is 35.3 Å². The third kappa shape index (κ3) is 5.44. The van der Waals surface area contributed by atoms with Crippen molar-refractivity contribution < 1.29 is 14.3 Å². The van der Waals surface area contributed by atoms with Crippen molar-refractivity contribution in [3.05, 3.63) is 52.1 Å². The van der Waals surface area contributed by atoms with Gasteiger partial charge >= 0.3 is 6.09 Å². The molecule has 7 nitrogen and oxygen atoms in total. The number of hydrogen-bond acceptors (Lipinski definition) is 7. The number of nitrogens with two attached hydrogens (primary N) is 1. The molecule has 1 saturated heterocycles. The Labute approximate surface area is 211 Å². The molecule has 4 heterocycles. The van der Waals surface area contributed by atoms with Crippen LogP contribution in [-0.4, -0.2) is 65.9 Å². The number of morpholine rings is 1. The van der Waals surface area contributed by atoms with E-state index in [9.17, 15) is 4.79 Å². The second-order valence-corrected chi connectivity index (χ2v) is 11.5. The summed E-state index contributed by atoms with van der Waals surface area (Å²) in [5, 5.41) is 0. The minimum absolute atomic E-state index is 0.254. The van der Waals surface area contributed by atoms with E-state index >= 15 is 0 Å². The highest BCUT2D eigenvalue weighted by atomic mass is 32.1. The fourth-order valence-corrected chi connectivity index (χ4v) is 5.83. The molecule has 1 fully saturated rings. The molecule has 5 rings (SSSR count). The van der Waals surface area contributed by atoms with Crippen LogP contribution >= 0.6 is 11.3 Å². The Hall–Kier alpha value is -2.68. The molecule has 0 radical (unpaired) electrons. The summed E-state index contributed by atoms with van der Waals surface area (Å²) < 4.78 is 11.0. The Balaban J connectivity index is 1.32. The first kappa shape index (κ1) is 24.0. The predicted octanol–water partition coefficient (Wildman–Crippen LogP) is 4.73. The molecule has 0 aromatic carbocycles. The summed E-state index contributed by atoms with van der Waals surface area (Å²) in [6.07, 6.45) is 5.72. The van der Waals surface area contributed by atoms with Crippen LogP contribution in [0.25, 0.3) is 16.0 Å². The lowest BCUT2D eigenvalue weighted by Crippen LogP contribution is -2.39. The Morgan fingerprint density at radius 3 is 2.69 bits per heavy atom. The lowest BCUT2D eigenvalue weighted by molar-refractivity contribution is 0.0267. The summed E-state index contributed by atoms with van der Waals surface area (Å²) in [7, 11) is 0. The second kappa shape index (κ2) is 9.76. The van der Waals surface area contributed by atoms with Gasteiger partial charge in [-0.1, -0.05) is 12.2 Å². The molecule has 2 aliphatic heterocycles. The Morgan fingerprint density at radius 1 is 1.17 bits per heavy atom. The van der Waals surface area contributed by atoms with Gasteiger partial charge in [-0.15, -0.1) is 11.3 Å². The number of rotatable bonds is 4. The molecule has 0 unspecified atom stereocenters. The molecular formula is C27H34N4O3S. The quantitative estimate of drug-likeness (QED) is 0.662. The summed E-state index contributed by atoms with van der Waals surface area (Å²) in [6, 6.07) is 6.58. The van der Waals surface area contributed by atoms with Gasteiger partial charge in [-0.3, -0.25) is 4.90 Å². The van der Waals surface area contributed by atoms with Gasteiger partial charge in [0.1, 0.15) is 11.4 Å². The monoisotopic (exact) mass is 494 g/mol. The number of allylic oxidation sites excluding steroid dienone is 2. The van der Waals surface area contributed by atoms with E-state index in [-0.39, 0.29) is 6.09 Å². The van der Waals surface area contributed by atoms with Crippen LogP contribution in [0.15, 0.2) is 35.9 Å². The van der Waals surface area contributed by atoms with Crippen molar-refractivity contribution >= 4 is 28.8 Å². The maximum atomic E-state index is 12.4. The van der Waals surface area contributed by atoms with Crippen LogP contribution < -0.4 is 5.73 Å². The van der Waals surface area contributed by atoms with E-state index in [0.29, 0.717) is 18.9 Å². The van der Waals surface area contributed by atoms with Gasteiger partial charge in [-0.25, -0.2) is 9.78 Å². The molecule has 0 saturated carbocycles. The number of anilines is 1. The lowest BCUT2D eigenvalue weighted by Gasteiger charge is -2.30. The average Bonchev–Trinajstić information content (AvgIpc) is 3.45. The van der Waals surface area contributed by atoms with E-state index in [1.165, 1.54) is 16.0 Å². The number of thiophene rings is 1. The number of amides is 1. The fraction of sp³-hybridized carbons (Fsp3) is 0.481. The SMILES string of the molecule is CC(C)(C)OC(=O)N1CC=C(C2=CCc3nc(N)c(-c4ccc(CN5CCOCC5)s4)cc32)CC1. The zero-order chi connectivity index (χ0) is 24.6. The number of carbonyl (C=O) groups is 1. The number of fused-ring (bicyclic) bond motifs is 1. The molecule has 2 aromatic rings. The summed E-state index contributed by atoms with van der Waals surface area (Å²) in [5.74, 6) is 0.590. The second-order valence-electron chi connectivity index (χ2n) is 10.3. The first-order valence-electron chi connectivity index (χ1n) is 12.3. The van der Waals surface area contributed by atoms with E-state index in [1.807, 2.05) is 20.8 Å². The zero-order valence-corrected chi connectivity index (χ0v) is 21.6. The maximum absolute atomic E-state index is 12.4. The molecule has 0 atom stereocenters. The standard InChI is InChI=1S/C27H34N4O3S/c1-27(2,3)34-26(32)31-10-8-18(9-11-31)20-5-6-23-21(20)16-22(25(28)29-23)24-7-4-19(35-24)17-30-12-14-33-15-13-30/h4-5,7-8,16H,6,9-15,17H2,1-3H3,(H2,28,29). The molecule has 1 amide bonds. The molecule has 1 aliphatic carbocycles. The number of nitrogens with zero attached hydrogens (tertiary/aromatic N) is 3. The van der Waals surface area contributed by atoms with Crippen molar-refractivity contribution in [3.8, 4) is 10.4 Å². The van der Waals surface area contributed by atoms with Gasteiger partial charge in [-0.2, -0.15) is 0 Å². The normalized spacial score (nSPS) is 18.8. The average molecular weight is 495 g/mol. The Morgan fingerprint density at radius 2 is 1.97 bits per heavy atom. The van der Waals surface area contributed by atoms with Crippen molar-refractivity contribution in [2.75, 3.05) is 45.1 Å². The predicted molar refractivity (Wildman–Crippen MR) is 140 cm³/mol. The molecule has 186 valence electrons. The summed E-state index contributed by atoms with van der Waals surface area (Å²) >= 11 is 1.79. The van der Waals surface area contributed by atoms with E-state index in [4.69, 9.17) is 20.2 Å². The highest BCUT2D eigenvalue weighted by molar-refractivity contribution is 7.15. The molecule has 35 heavy (non-hydrogen) atoms. The smallest absolute Gasteiger partial charge is 0.410 e. The molecule has 0 bridgehead atoms. The minimum Gasteiger partial charge on any atom is -0.444 e. The van der Waals surface area contributed by atoms with E-state index in [1.54, 1.807) is 16.2 Å². The van der Waals surface area contributed by atoms with Crippen LogP contribution in [0, 0.1) is 0 Å². The highest BCUT2D eigenvalue weighted by Crippen LogP contribution is 2.40. The van der Waals surface area contributed by atoms with Crippen LogP contribution in [0.5, 0.6) is 0 Å². The molecule has 0 spiro atoms. The van der Waals surface area contributed by atoms with Crippen LogP contribution in [0.4, 0.5) is 10.6 Å². The highest BCUT2D eigenvalue weighted by Gasteiger charge is 2.27. The molecular weight excluding hydrogens is 460 g/mol. The van der Waals surface area contributed by atoms with Gasteiger partial charge < -0.3 is 20.1 Å². The van der Waals surface area contributed by atoms with Gasteiger partial charge in [0.2, 0.25) is 0 Å². The number of ether oxygens (including phenoxy) is 2. The van der Waals surface area contributed by atoms with E-state index in [0.717, 1.165) is 67.4 Å². The van der Waals surface area contributed by atoms with Crippen LogP contribution in [-0.2, 0) is 22.4 Å². The summed E-state index contributed by atoms with van der Waals surface area (Å²) in [6.45, 7) is 11.4. The van der Waals surface area contributed by atoms with Crippen molar-refractivity contribution in [2.45, 2.75) is 45.8 Å². The summed E-state index contributed by atoms with van der Waals surface area (Å²) in [5.41, 5.74) is 11.6. The molecule has 3 aliphatic rings. The number of carbonyl (C=O) groups excluding carboxylic acids is 1. The summed E-state index contributed by atoms with van der Waals surface area (Å²) in [4.78, 5) is 23.9. The third-order valence-corrected chi connectivity index (χ3v) is 7.64. The first-order valence-corrected chi connectivity index (χ1v) is 13.1. The third-order valence-electron chi connectivity index (χ3n) is 6.54. The van der Waals surface area contributed by atoms with Gasteiger partial charge in [0.15, 0.2) is 0 Å². The van der Waals surface area contributed by atoms with Gasteiger partial charge in [0.25, 0.3) is 0 Å². The van der Waals surface area contributed by atoms with Gasteiger partial charge in [0.05, 0.1) is 18.9 Å². The van der Waals surface area contributed by atoms with E-state index < -0.39 is 5.60 Å². The fourth-order valence-electron chi connectivity index (χ4n) is 4.76. The zero-order valence-electron chi connectivity index (χ0n) is 20.8. The number of aromatic nitrogens is 1. The minimum atomic E-state index is -0.486. The maximum Gasteiger partial charge on any atom is 0.410 e. The Bertz CT molecular complexity index is 1170. The molecule has 2 N–H and O–H groups in total.